The molecule has 1 N–H and O–H groups in total. The SMILES string of the molecule is O=C(c1ccco1)N1CC[NH+](C[C@@H]2C[C@H]3C=C[C@H]2C3)CC1. The number of hydrogen-bond donors (Lipinski definition) is 1. The Kier molecular flexibility index (Phi) is 3.34. The van der Waals surface area contributed by atoms with Gasteiger partial charge in [0, 0.05) is 5.92 Å². The molecule has 0 spiro atoms. The number of quaternary nitrogens is 1. The average molecular weight is 287 g/mol. The van der Waals surface area contributed by atoms with Crippen molar-refractivity contribution in [3.05, 3.63) is 36.3 Å². The second kappa shape index (κ2) is 5.34. The van der Waals surface area contributed by atoms with E-state index in [9.17, 15) is 4.79 Å². The zero-order valence-electron chi connectivity index (χ0n) is 12.3. The maximum atomic E-state index is 12.2. The van der Waals surface area contributed by atoms with Gasteiger partial charge in [-0.3, -0.25) is 4.79 Å². The molecule has 1 saturated heterocycles. The first-order valence-corrected chi connectivity index (χ1v) is 8.14. The molecule has 4 nitrogen and oxygen atoms in total. The van der Waals surface area contributed by atoms with Crippen molar-refractivity contribution in [3.63, 3.8) is 0 Å². The van der Waals surface area contributed by atoms with E-state index in [1.54, 1.807) is 23.3 Å². The van der Waals surface area contributed by atoms with Gasteiger partial charge in [0.15, 0.2) is 5.76 Å². The van der Waals surface area contributed by atoms with E-state index in [1.165, 1.54) is 19.4 Å². The number of fused-ring (bicyclic) bond motifs is 2. The molecule has 4 heteroatoms. The normalized spacial score (nSPS) is 32.0. The van der Waals surface area contributed by atoms with E-state index < -0.39 is 0 Å². The summed E-state index contributed by atoms with van der Waals surface area (Å²) < 4.78 is 5.21. The van der Waals surface area contributed by atoms with Crippen molar-refractivity contribution in [1.29, 1.82) is 0 Å². The minimum absolute atomic E-state index is 0.0434. The van der Waals surface area contributed by atoms with Gasteiger partial charge in [-0.15, -0.1) is 0 Å². The monoisotopic (exact) mass is 287 g/mol. The smallest absolute Gasteiger partial charge is 0.289 e. The summed E-state index contributed by atoms with van der Waals surface area (Å²) in [7, 11) is 0. The van der Waals surface area contributed by atoms with E-state index in [1.807, 2.05) is 4.90 Å². The molecule has 0 aromatic carbocycles. The summed E-state index contributed by atoms with van der Waals surface area (Å²) in [6, 6.07) is 3.53. The van der Waals surface area contributed by atoms with Crippen LogP contribution in [0.3, 0.4) is 0 Å². The van der Waals surface area contributed by atoms with E-state index in [4.69, 9.17) is 4.42 Å². The van der Waals surface area contributed by atoms with Crippen LogP contribution in [0.5, 0.6) is 0 Å². The fourth-order valence-corrected chi connectivity index (χ4v) is 4.29. The minimum Gasteiger partial charge on any atom is -0.459 e. The molecule has 4 rings (SSSR count). The lowest BCUT2D eigenvalue weighted by Gasteiger charge is -2.34. The zero-order valence-corrected chi connectivity index (χ0v) is 12.3. The molecule has 0 unspecified atom stereocenters. The molecule has 1 saturated carbocycles. The summed E-state index contributed by atoms with van der Waals surface area (Å²) in [4.78, 5) is 15.8. The average Bonchev–Trinajstić information content (AvgIpc) is 3.25. The third-order valence-electron chi connectivity index (χ3n) is 5.46. The van der Waals surface area contributed by atoms with Gasteiger partial charge in [-0.2, -0.15) is 0 Å². The Morgan fingerprint density at radius 2 is 2.14 bits per heavy atom. The van der Waals surface area contributed by atoms with Gasteiger partial charge >= 0.3 is 0 Å². The Bertz CT molecular complexity index is 529. The number of furan rings is 1. The van der Waals surface area contributed by atoms with Crippen LogP contribution in [-0.2, 0) is 0 Å². The van der Waals surface area contributed by atoms with Crippen molar-refractivity contribution in [2.45, 2.75) is 12.8 Å². The van der Waals surface area contributed by atoms with Crippen LogP contribution in [0.25, 0.3) is 0 Å². The number of nitrogens with one attached hydrogen (secondary N) is 1. The summed E-state index contributed by atoms with van der Waals surface area (Å²) in [6.45, 7) is 5.14. The molecule has 112 valence electrons. The first kappa shape index (κ1) is 13.1. The summed E-state index contributed by atoms with van der Waals surface area (Å²) in [5, 5.41) is 0. The van der Waals surface area contributed by atoms with Crippen molar-refractivity contribution in [2.75, 3.05) is 32.7 Å². The van der Waals surface area contributed by atoms with E-state index in [-0.39, 0.29) is 5.91 Å². The summed E-state index contributed by atoms with van der Waals surface area (Å²) in [5.41, 5.74) is 0. The molecule has 2 aliphatic carbocycles. The molecule has 2 heterocycles. The molecule has 2 fully saturated rings. The van der Waals surface area contributed by atoms with Crippen LogP contribution in [-0.4, -0.2) is 43.5 Å². The van der Waals surface area contributed by atoms with Gasteiger partial charge in [0.05, 0.1) is 39.0 Å². The second-order valence-corrected chi connectivity index (χ2v) is 6.76. The van der Waals surface area contributed by atoms with E-state index in [0.29, 0.717) is 5.76 Å². The largest absolute Gasteiger partial charge is 0.459 e. The number of carbonyl (C=O) groups excluding carboxylic acids is 1. The lowest BCUT2D eigenvalue weighted by Crippen LogP contribution is -3.15. The first-order chi connectivity index (χ1) is 10.3. The van der Waals surface area contributed by atoms with E-state index in [2.05, 4.69) is 12.2 Å². The number of carbonyl (C=O) groups is 1. The van der Waals surface area contributed by atoms with Gasteiger partial charge in [0.2, 0.25) is 0 Å². The topological polar surface area (TPSA) is 37.9 Å². The molecule has 2 bridgehead atoms. The third kappa shape index (κ3) is 2.53. The number of allylic oxidation sites excluding steroid dienone is 2. The third-order valence-corrected chi connectivity index (χ3v) is 5.46. The van der Waals surface area contributed by atoms with Crippen molar-refractivity contribution in [2.24, 2.45) is 17.8 Å². The van der Waals surface area contributed by atoms with Crippen LogP contribution in [0.15, 0.2) is 35.0 Å². The van der Waals surface area contributed by atoms with Crippen molar-refractivity contribution in [3.8, 4) is 0 Å². The number of hydrogen-bond acceptors (Lipinski definition) is 2. The quantitative estimate of drug-likeness (QED) is 0.836. The van der Waals surface area contributed by atoms with Gasteiger partial charge in [0.25, 0.3) is 5.91 Å². The highest BCUT2D eigenvalue weighted by molar-refractivity contribution is 5.91. The van der Waals surface area contributed by atoms with Crippen molar-refractivity contribution >= 4 is 5.91 Å². The number of nitrogens with zero attached hydrogens (tertiary/aromatic N) is 1. The van der Waals surface area contributed by atoms with Crippen LogP contribution in [0, 0.1) is 17.8 Å². The molecule has 1 aromatic heterocycles. The highest BCUT2D eigenvalue weighted by Crippen LogP contribution is 2.42. The molecule has 1 aliphatic heterocycles. The van der Waals surface area contributed by atoms with Crippen LogP contribution < -0.4 is 4.90 Å². The second-order valence-electron chi connectivity index (χ2n) is 6.76. The maximum absolute atomic E-state index is 12.2. The Hall–Kier alpha value is -1.55. The molecular weight excluding hydrogens is 264 g/mol. The number of rotatable bonds is 3. The predicted molar refractivity (Wildman–Crippen MR) is 79.0 cm³/mol. The first-order valence-electron chi connectivity index (χ1n) is 8.14. The van der Waals surface area contributed by atoms with Crippen LogP contribution >= 0.6 is 0 Å². The zero-order chi connectivity index (χ0) is 14.2. The maximum Gasteiger partial charge on any atom is 0.289 e. The summed E-state index contributed by atoms with van der Waals surface area (Å²) in [6.07, 6.45) is 9.20. The van der Waals surface area contributed by atoms with E-state index >= 15 is 0 Å². The summed E-state index contributed by atoms with van der Waals surface area (Å²) >= 11 is 0. The standard InChI is InChI=1S/C17H22N2O2/c20-17(16-2-1-9-21-16)19-7-5-18(6-8-19)12-15-11-13-3-4-14(15)10-13/h1-4,9,13-15H,5-8,10-12H2/p+1/t13-,14-,15-/m0/s1. The molecular formula is C17H23N2O2+. The molecule has 3 atom stereocenters. The Morgan fingerprint density at radius 3 is 2.76 bits per heavy atom. The minimum atomic E-state index is 0.0434. The number of amides is 1. The summed E-state index contributed by atoms with van der Waals surface area (Å²) in [5.74, 6) is 3.09. The highest BCUT2D eigenvalue weighted by Gasteiger charge is 2.38. The lowest BCUT2D eigenvalue weighted by molar-refractivity contribution is -0.907. The number of piperazine rings is 1. The Balaban J connectivity index is 1.29. The fraction of sp³-hybridized carbons (Fsp3) is 0.588. The molecule has 3 aliphatic rings. The van der Waals surface area contributed by atoms with Gasteiger partial charge in [-0.1, -0.05) is 12.2 Å². The van der Waals surface area contributed by atoms with Crippen LogP contribution in [0.4, 0.5) is 0 Å². The molecule has 1 amide bonds. The van der Waals surface area contributed by atoms with Crippen molar-refractivity contribution in [1.82, 2.24) is 4.90 Å². The van der Waals surface area contributed by atoms with Crippen molar-refractivity contribution < 1.29 is 14.1 Å². The predicted octanol–water partition coefficient (Wildman–Crippen LogP) is 0.832. The van der Waals surface area contributed by atoms with Gasteiger partial charge in [-0.05, 0) is 36.8 Å². The van der Waals surface area contributed by atoms with Crippen LogP contribution in [0.1, 0.15) is 23.4 Å². The Labute approximate surface area is 125 Å². The van der Waals surface area contributed by atoms with Gasteiger partial charge in [0.1, 0.15) is 0 Å². The fourth-order valence-electron chi connectivity index (χ4n) is 4.29. The molecule has 1 aromatic rings. The highest BCUT2D eigenvalue weighted by atomic mass is 16.3. The Morgan fingerprint density at radius 1 is 1.29 bits per heavy atom. The lowest BCUT2D eigenvalue weighted by atomic mass is 9.93. The van der Waals surface area contributed by atoms with Gasteiger partial charge in [-0.25, -0.2) is 0 Å². The van der Waals surface area contributed by atoms with E-state index in [0.717, 1.165) is 43.9 Å². The van der Waals surface area contributed by atoms with Crippen LogP contribution in [0.2, 0.25) is 0 Å². The van der Waals surface area contributed by atoms with Gasteiger partial charge < -0.3 is 14.2 Å². The molecule has 21 heavy (non-hydrogen) atoms. The molecule has 0 radical (unpaired) electrons.